The van der Waals surface area contributed by atoms with Gasteiger partial charge in [-0.05, 0) is 59.7 Å². The van der Waals surface area contributed by atoms with Gasteiger partial charge in [0.2, 0.25) is 10.0 Å². The molecule has 1 amide bonds. The van der Waals surface area contributed by atoms with Crippen LogP contribution >= 0.6 is 11.8 Å². The lowest BCUT2D eigenvalue weighted by Gasteiger charge is -2.18. The molecule has 1 N–H and O–H groups in total. The minimum absolute atomic E-state index is 0.0940. The van der Waals surface area contributed by atoms with Crippen LogP contribution in [0.4, 0.5) is 0 Å². The Morgan fingerprint density at radius 1 is 1.00 bits per heavy atom. The first kappa shape index (κ1) is 20.9. The quantitative estimate of drug-likeness (QED) is 0.581. The van der Waals surface area contributed by atoms with Gasteiger partial charge in [-0.3, -0.25) is 4.79 Å². The summed E-state index contributed by atoms with van der Waals surface area (Å²) >= 11 is 1.45. The summed E-state index contributed by atoms with van der Waals surface area (Å²) < 4.78 is 28.5. The third-order valence-electron chi connectivity index (χ3n) is 5.39. The summed E-state index contributed by atoms with van der Waals surface area (Å²) in [6.07, 6.45) is 3.87. The molecule has 0 saturated carbocycles. The van der Waals surface area contributed by atoms with Gasteiger partial charge in [0, 0.05) is 24.5 Å². The van der Waals surface area contributed by atoms with Crippen molar-refractivity contribution < 1.29 is 13.2 Å². The molecule has 156 valence electrons. The third kappa shape index (κ3) is 4.38. The van der Waals surface area contributed by atoms with Crippen molar-refractivity contribution in [2.45, 2.75) is 29.2 Å². The topological polar surface area (TPSA) is 66.5 Å². The summed E-state index contributed by atoms with van der Waals surface area (Å²) in [5.41, 5.74) is 1.34. The minimum Gasteiger partial charge on any atom is -0.339 e. The van der Waals surface area contributed by atoms with Crippen molar-refractivity contribution in [2.24, 2.45) is 0 Å². The van der Waals surface area contributed by atoms with Crippen LogP contribution in [0.1, 0.15) is 28.8 Å². The van der Waals surface area contributed by atoms with E-state index in [1.54, 1.807) is 17.0 Å². The van der Waals surface area contributed by atoms with Crippen LogP contribution in [0.3, 0.4) is 0 Å². The lowest BCUT2D eigenvalue weighted by Crippen LogP contribution is -2.29. The molecule has 3 aromatic rings. The monoisotopic (exact) mass is 440 g/mol. The summed E-state index contributed by atoms with van der Waals surface area (Å²) in [6.45, 7) is 1.64. The maximum absolute atomic E-state index is 12.9. The van der Waals surface area contributed by atoms with Gasteiger partial charge in [-0.15, -0.1) is 11.8 Å². The van der Waals surface area contributed by atoms with E-state index in [1.165, 1.54) is 17.8 Å². The van der Waals surface area contributed by atoms with Crippen LogP contribution in [0.15, 0.2) is 70.5 Å². The SMILES string of the molecule is CSc1ccc(S(=O)(=O)NCc2ccc3ccccc3c2)cc1C(=O)N1CCCC1. The van der Waals surface area contributed by atoms with E-state index >= 15 is 0 Å². The number of sulfonamides is 1. The molecule has 0 unspecified atom stereocenters. The Bertz CT molecular complexity index is 1190. The number of hydrogen-bond acceptors (Lipinski definition) is 4. The van der Waals surface area contributed by atoms with Crippen LogP contribution in [0.2, 0.25) is 0 Å². The number of nitrogens with zero attached hydrogens (tertiary/aromatic N) is 1. The number of rotatable bonds is 6. The second-order valence-corrected chi connectivity index (χ2v) is 9.98. The minimum atomic E-state index is -3.75. The highest BCUT2D eigenvalue weighted by atomic mass is 32.2. The maximum atomic E-state index is 12.9. The molecule has 4 rings (SSSR count). The normalized spacial score (nSPS) is 14.4. The van der Waals surface area contributed by atoms with Crippen molar-refractivity contribution in [3.63, 3.8) is 0 Å². The van der Waals surface area contributed by atoms with Gasteiger partial charge in [0.25, 0.3) is 5.91 Å². The van der Waals surface area contributed by atoms with Gasteiger partial charge in [-0.25, -0.2) is 13.1 Å². The number of fused-ring (bicyclic) bond motifs is 1. The van der Waals surface area contributed by atoms with Gasteiger partial charge in [0.15, 0.2) is 0 Å². The predicted molar refractivity (Wildman–Crippen MR) is 121 cm³/mol. The smallest absolute Gasteiger partial charge is 0.255 e. The molecule has 0 bridgehead atoms. The van der Waals surface area contributed by atoms with E-state index in [2.05, 4.69) is 4.72 Å². The van der Waals surface area contributed by atoms with Crippen molar-refractivity contribution in [3.8, 4) is 0 Å². The zero-order valence-corrected chi connectivity index (χ0v) is 18.4. The molecule has 7 heteroatoms. The van der Waals surface area contributed by atoms with Gasteiger partial charge in [0.05, 0.1) is 10.5 Å². The predicted octanol–water partition coefficient (Wildman–Crippen LogP) is 4.28. The number of thioether (sulfide) groups is 1. The van der Waals surface area contributed by atoms with E-state index in [1.807, 2.05) is 48.7 Å². The van der Waals surface area contributed by atoms with Crippen LogP contribution in [0.25, 0.3) is 10.8 Å². The number of carbonyl (C=O) groups is 1. The Morgan fingerprint density at radius 2 is 1.73 bits per heavy atom. The molecule has 0 radical (unpaired) electrons. The summed E-state index contributed by atoms with van der Waals surface area (Å²) in [5.74, 6) is -0.0940. The number of nitrogens with one attached hydrogen (secondary N) is 1. The van der Waals surface area contributed by atoms with E-state index in [-0.39, 0.29) is 17.3 Å². The first-order valence-corrected chi connectivity index (χ1v) is 12.6. The zero-order chi connectivity index (χ0) is 21.1. The molecule has 1 heterocycles. The highest BCUT2D eigenvalue weighted by Gasteiger charge is 2.24. The van der Waals surface area contributed by atoms with Gasteiger partial charge in [-0.2, -0.15) is 0 Å². The average molecular weight is 441 g/mol. The molecule has 0 atom stereocenters. The Morgan fingerprint density at radius 3 is 2.47 bits per heavy atom. The molecule has 1 aliphatic rings. The van der Waals surface area contributed by atoms with E-state index in [4.69, 9.17) is 0 Å². The average Bonchev–Trinajstić information content (AvgIpc) is 3.31. The van der Waals surface area contributed by atoms with Crippen molar-refractivity contribution in [1.82, 2.24) is 9.62 Å². The fourth-order valence-electron chi connectivity index (χ4n) is 3.72. The van der Waals surface area contributed by atoms with Gasteiger partial charge >= 0.3 is 0 Å². The molecule has 0 aliphatic carbocycles. The van der Waals surface area contributed by atoms with Gasteiger partial charge in [0.1, 0.15) is 0 Å². The van der Waals surface area contributed by atoms with E-state index < -0.39 is 10.0 Å². The number of benzene rings is 3. The van der Waals surface area contributed by atoms with E-state index in [0.29, 0.717) is 5.56 Å². The second kappa shape index (κ2) is 8.79. The molecule has 5 nitrogen and oxygen atoms in total. The van der Waals surface area contributed by atoms with E-state index in [0.717, 1.165) is 47.2 Å². The Labute approximate surface area is 181 Å². The van der Waals surface area contributed by atoms with Crippen molar-refractivity contribution in [1.29, 1.82) is 0 Å². The van der Waals surface area contributed by atoms with E-state index in [9.17, 15) is 13.2 Å². The lowest BCUT2D eigenvalue weighted by molar-refractivity contribution is 0.0789. The zero-order valence-electron chi connectivity index (χ0n) is 16.8. The number of carbonyl (C=O) groups excluding carboxylic acids is 1. The van der Waals surface area contributed by atoms with Crippen LogP contribution < -0.4 is 4.72 Å². The summed E-state index contributed by atoms with van der Waals surface area (Å²) in [6, 6.07) is 18.6. The summed E-state index contributed by atoms with van der Waals surface area (Å²) in [5, 5.41) is 2.18. The molecule has 0 spiro atoms. The van der Waals surface area contributed by atoms with Crippen molar-refractivity contribution in [3.05, 3.63) is 71.8 Å². The first-order valence-electron chi connectivity index (χ1n) is 9.92. The van der Waals surface area contributed by atoms with Crippen LogP contribution in [-0.4, -0.2) is 38.6 Å². The van der Waals surface area contributed by atoms with Crippen LogP contribution in [-0.2, 0) is 16.6 Å². The summed E-state index contributed by atoms with van der Waals surface area (Å²) in [7, 11) is -3.75. The maximum Gasteiger partial charge on any atom is 0.255 e. The number of hydrogen-bond donors (Lipinski definition) is 1. The summed E-state index contributed by atoms with van der Waals surface area (Å²) in [4.78, 5) is 15.6. The molecule has 30 heavy (non-hydrogen) atoms. The Kier molecular flexibility index (Phi) is 6.13. The highest BCUT2D eigenvalue weighted by Crippen LogP contribution is 2.26. The number of amides is 1. The molecular formula is C23H24N2O3S2. The molecule has 1 aliphatic heterocycles. The van der Waals surface area contributed by atoms with Crippen LogP contribution in [0, 0.1) is 0 Å². The fourth-order valence-corrected chi connectivity index (χ4v) is 5.34. The lowest BCUT2D eigenvalue weighted by atomic mass is 10.1. The van der Waals surface area contributed by atoms with Gasteiger partial charge < -0.3 is 4.90 Å². The Balaban J connectivity index is 1.56. The molecular weight excluding hydrogens is 416 g/mol. The first-order chi connectivity index (χ1) is 14.5. The largest absolute Gasteiger partial charge is 0.339 e. The molecule has 1 saturated heterocycles. The van der Waals surface area contributed by atoms with Crippen molar-refractivity contribution >= 4 is 38.5 Å². The second-order valence-electron chi connectivity index (χ2n) is 7.37. The fraction of sp³-hybridized carbons (Fsp3) is 0.261. The molecule has 3 aromatic carbocycles. The standard InChI is InChI=1S/C23H24N2O3S2/c1-29-22-11-10-20(15-21(22)23(26)25-12-4-5-13-25)30(27,28)24-16-17-8-9-18-6-2-3-7-19(18)14-17/h2-3,6-11,14-15,24H,4-5,12-13,16H2,1H3. The number of likely N-dealkylation sites (tertiary alicyclic amines) is 1. The Hall–Kier alpha value is -2.35. The van der Waals surface area contributed by atoms with Crippen molar-refractivity contribution in [2.75, 3.05) is 19.3 Å². The molecule has 0 aromatic heterocycles. The van der Waals surface area contributed by atoms with Crippen LogP contribution in [0.5, 0.6) is 0 Å². The molecule has 1 fully saturated rings. The third-order valence-corrected chi connectivity index (χ3v) is 7.58. The van der Waals surface area contributed by atoms with Gasteiger partial charge in [-0.1, -0.05) is 36.4 Å². The highest BCUT2D eigenvalue weighted by molar-refractivity contribution is 7.98.